The lowest BCUT2D eigenvalue weighted by Gasteiger charge is -2.01. The highest BCUT2D eigenvalue weighted by molar-refractivity contribution is 8.54. The largest absolute Gasteiger partial charge is 0.384 e. The van der Waals surface area contributed by atoms with Crippen LogP contribution in [0.25, 0.3) is 0 Å². The molecule has 4 nitrogen and oxygen atoms in total. The molecule has 0 saturated carbocycles. The number of rotatable bonds is 3. The summed E-state index contributed by atoms with van der Waals surface area (Å²) in [6.07, 6.45) is 3.19. The first kappa shape index (κ1) is 9.74. The number of hydrogen-bond acceptors (Lipinski definition) is 3. The van der Waals surface area contributed by atoms with E-state index in [-0.39, 0.29) is 0 Å². The zero-order valence-corrected chi connectivity index (χ0v) is 7.83. The lowest BCUT2D eigenvalue weighted by Crippen LogP contribution is -1.80. The van der Waals surface area contributed by atoms with Crippen LogP contribution in [-0.4, -0.2) is 14.8 Å². The van der Waals surface area contributed by atoms with Crippen molar-refractivity contribution in [3.8, 4) is 0 Å². The summed E-state index contributed by atoms with van der Waals surface area (Å²) in [4.78, 5) is 20.9. The lowest BCUT2D eigenvalue weighted by atomic mass is 10.3. The van der Waals surface area contributed by atoms with Crippen LogP contribution in [-0.2, 0) is 10.3 Å². The molecule has 0 radical (unpaired) electrons. The van der Waals surface area contributed by atoms with Gasteiger partial charge in [0.2, 0.25) is 0 Å². The standard InChI is InChI=1S/C6H8NO3PS/c8-11(9,10)12-5-6-1-3-7-4-2-6/h1-4H,5H2,(H2,8,9,10). The molecule has 0 atom stereocenters. The maximum absolute atomic E-state index is 10.4. The molecule has 12 heavy (non-hydrogen) atoms. The Morgan fingerprint density at radius 3 is 2.50 bits per heavy atom. The van der Waals surface area contributed by atoms with Crippen LogP contribution in [0.1, 0.15) is 5.56 Å². The minimum absolute atomic E-state index is 0.312. The van der Waals surface area contributed by atoms with Gasteiger partial charge in [-0.2, -0.15) is 0 Å². The second-order valence-corrected chi connectivity index (χ2v) is 5.85. The molecule has 0 aromatic carbocycles. The Kier molecular flexibility index (Phi) is 3.29. The fourth-order valence-electron chi connectivity index (χ4n) is 0.638. The Morgan fingerprint density at radius 2 is 2.00 bits per heavy atom. The lowest BCUT2D eigenvalue weighted by molar-refractivity contribution is 0.397. The SMILES string of the molecule is O=P(O)(O)SCc1ccncc1. The van der Waals surface area contributed by atoms with Crippen LogP contribution in [0.15, 0.2) is 24.5 Å². The summed E-state index contributed by atoms with van der Waals surface area (Å²) in [6.45, 7) is -3.93. The molecule has 1 aromatic heterocycles. The molecule has 0 aliphatic carbocycles. The molecule has 1 rings (SSSR count). The molecule has 0 bridgehead atoms. The van der Waals surface area contributed by atoms with Crippen molar-refractivity contribution in [1.29, 1.82) is 0 Å². The predicted octanol–water partition coefficient (Wildman–Crippen LogP) is 1.41. The maximum atomic E-state index is 10.4. The Balaban J connectivity index is 2.50. The molecule has 0 aliphatic rings. The van der Waals surface area contributed by atoms with E-state index in [1.165, 1.54) is 0 Å². The molecule has 6 heteroatoms. The van der Waals surface area contributed by atoms with Gasteiger partial charge < -0.3 is 9.79 Å². The van der Waals surface area contributed by atoms with Crippen LogP contribution in [0, 0.1) is 0 Å². The highest BCUT2D eigenvalue weighted by Crippen LogP contribution is 2.51. The molecule has 1 aromatic rings. The van der Waals surface area contributed by atoms with Gasteiger partial charge in [0.05, 0.1) is 0 Å². The van der Waals surface area contributed by atoms with Gasteiger partial charge in [0.15, 0.2) is 0 Å². The third kappa shape index (κ3) is 3.88. The van der Waals surface area contributed by atoms with Crippen LogP contribution in [0.4, 0.5) is 0 Å². The summed E-state index contributed by atoms with van der Waals surface area (Å²) in [7, 11) is 0. The fraction of sp³-hybridized carbons (Fsp3) is 0.167. The molecule has 2 N–H and O–H groups in total. The Bertz CT molecular complexity index is 286. The van der Waals surface area contributed by atoms with E-state index in [1.807, 2.05) is 0 Å². The van der Waals surface area contributed by atoms with E-state index >= 15 is 0 Å². The quantitative estimate of drug-likeness (QED) is 0.730. The van der Waals surface area contributed by atoms with Gasteiger partial charge in [-0.3, -0.25) is 4.98 Å². The highest BCUT2D eigenvalue weighted by Gasteiger charge is 2.12. The minimum atomic E-state index is -3.93. The van der Waals surface area contributed by atoms with E-state index in [2.05, 4.69) is 4.98 Å². The Morgan fingerprint density at radius 1 is 1.42 bits per heavy atom. The van der Waals surface area contributed by atoms with Gasteiger partial charge in [0.25, 0.3) is 0 Å². The summed E-state index contributed by atoms with van der Waals surface area (Å²) in [5.41, 5.74) is 0.860. The maximum Gasteiger partial charge on any atom is 0.384 e. The second kappa shape index (κ2) is 4.05. The van der Waals surface area contributed by atoms with Crippen molar-refractivity contribution >= 4 is 18.2 Å². The van der Waals surface area contributed by atoms with Crippen LogP contribution in [0.2, 0.25) is 0 Å². The van der Waals surface area contributed by atoms with Gasteiger partial charge in [0, 0.05) is 18.1 Å². The van der Waals surface area contributed by atoms with Crippen LogP contribution in [0.3, 0.4) is 0 Å². The molecule has 0 saturated heterocycles. The third-order valence-corrected chi connectivity index (χ3v) is 3.34. The summed E-state index contributed by atoms with van der Waals surface area (Å²) in [5.74, 6) is 0.312. The molecule has 0 amide bonds. The van der Waals surface area contributed by atoms with Crippen molar-refractivity contribution < 1.29 is 14.4 Å². The van der Waals surface area contributed by atoms with E-state index in [4.69, 9.17) is 9.79 Å². The van der Waals surface area contributed by atoms with E-state index in [0.717, 1.165) is 5.56 Å². The van der Waals surface area contributed by atoms with E-state index in [0.29, 0.717) is 17.1 Å². The van der Waals surface area contributed by atoms with Crippen molar-refractivity contribution in [3.05, 3.63) is 30.1 Å². The van der Waals surface area contributed by atoms with Crippen molar-refractivity contribution in [2.45, 2.75) is 5.75 Å². The van der Waals surface area contributed by atoms with Crippen molar-refractivity contribution in [1.82, 2.24) is 4.98 Å². The number of pyridine rings is 1. The first-order chi connectivity index (χ1) is 5.58. The highest BCUT2D eigenvalue weighted by atomic mass is 32.7. The molecule has 0 aliphatic heterocycles. The van der Waals surface area contributed by atoms with Crippen LogP contribution in [0.5, 0.6) is 0 Å². The summed E-state index contributed by atoms with van der Waals surface area (Å²) in [5, 5.41) is 0. The first-order valence-corrected chi connectivity index (χ1v) is 6.37. The van der Waals surface area contributed by atoms with Gasteiger partial charge >= 0.3 is 6.80 Å². The molecular weight excluding hydrogens is 197 g/mol. The van der Waals surface area contributed by atoms with Crippen molar-refractivity contribution in [3.63, 3.8) is 0 Å². The molecule has 0 unspecified atom stereocenters. The minimum Gasteiger partial charge on any atom is -0.317 e. The molecular formula is C6H8NO3PS. The zero-order valence-electron chi connectivity index (χ0n) is 6.12. The summed E-state index contributed by atoms with van der Waals surface area (Å²) >= 11 is 0.626. The van der Waals surface area contributed by atoms with E-state index < -0.39 is 6.80 Å². The van der Waals surface area contributed by atoms with Crippen molar-refractivity contribution in [2.75, 3.05) is 0 Å². The summed E-state index contributed by atoms with van der Waals surface area (Å²) < 4.78 is 10.4. The normalized spacial score (nSPS) is 11.5. The Hall–Kier alpha value is -0.350. The van der Waals surface area contributed by atoms with Gasteiger partial charge in [-0.15, -0.1) is 0 Å². The van der Waals surface area contributed by atoms with Gasteiger partial charge in [-0.05, 0) is 29.1 Å². The Labute approximate surface area is 73.9 Å². The fourth-order valence-corrected chi connectivity index (χ4v) is 2.10. The summed E-state index contributed by atoms with van der Waals surface area (Å²) in [6, 6.07) is 3.45. The van der Waals surface area contributed by atoms with Crippen molar-refractivity contribution in [2.24, 2.45) is 0 Å². The third-order valence-electron chi connectivity index (χ3n) is 1.15. The molecule has 66 valence electrons. The number of nitrogens with zero attached hydrogens (tertiary/aromatic N) is 1. The average Bonchev–Trinajstić information content (AvgIpc) is 2.02. The number of hydrogen-bond donors (Lipinski definition) is 2. The first-order valence-electron chi connectivity index (χ1n) is 3.17. The molecule has 0 fully saturated rings. The average molecular weight is 205 g/mol. The van der Waals surface area contributed by atoms with Gasteiger partial charge in [-0.1, -0.05) is 0 Å². The van der Waals surface area contributed by atoms with Crippen LogP contribution < -0.4 is 0 Å². The van der Waals surface area contributed by atoms with E-state index in [9.17, 15) is 4.57 Å². The molecule has 1 heterocycles. The van der Waals surface area contributed by atoms with Crippen LogP contribution >= 0.6 is 18.2 Å². The predicted molar refractivity (Wildman–Crippen MR) is 47.6 cm³/mol. The van der Waals surface area contributed by atoms with Gasteiger partial charge in [0.1, 0.15) is 0 Å². The van der Waals surface area contributed by atoms with E-state index in [1.54, 1.807) is 24.5 Å². The van der Waals surface area contributed by atoms with Gasteiger partial charge in [-0.25, -0.2) is 4.57 Å². The molecule has 0 spiro atoms. The second-order valence-electron chi connectivity index (χ2n) is 2.12. The monoisotopic (exact) mass is 205 g/mol. The zero-order chi connectivity index (χ0) is 9.03. The topological polar surface area (TPSA) is 70.4 Å². The number of aromatic nitrogens is 1. The smallest absolute Gasteiger partial charge is 0.317 e.